The Balaban J connectivity index is 2.28. The predicted octanol–water partition coefficient (Wildman–Crippen LogP) is 3.34. The molecule has 6 heteroatoms. The van der Waals surface area contributed by atoms with Crippen LogP contribution in [0.2, 0.25) is 0 Å². The van der Waals surface area contributed by atoms with Gasteiger partial charge in [0.1, 0.15) is 0 Å². The van der Waals surface area contributed by atoms with Crippen LogP contribution < -0.4 is 4.46 Å². The van der Waals surface area contributed by atoms with Gasteiger partial charge in [0.15, 0.2) is 0 Å². The fraction of sp³-hybridized carbons (Fsp3) is 0.0870. The molecular formula is C23H20O4SSe. The van der Waals surface area contributed by atoms with Crippen molar-refractivity contribution in [2.24, 2.45) is 0 Å². The van der Waals surface area contributed by atoms with E-state index in [9.17, 15) is 13.2 Å². The van der Waals surface area contributed by atoms with E-state index in [2.05, 4.69) is 0 Å². The summed E-state index contributed by atoms with van der Waals surface area (Å²) in [4.78, 5) is 12.5. The van der Waals surface area contributed by atoms with Crippen LogP contribution in [-0.2, 0) is 19.4 Å². The Hall–Kier alpha value is -2.66. The van der Waals surface area contributed by atoms with Gasteiger partial charge in [0.25, 0.3) is 0 Å². The average Bonchev–Trinajstić information content (AvgIpc) is 2.74. The second kappa shape index (κ2) is 9.22. The number of sulfone groups is 1. The Morgan fingerprint density at radius 1 is 0.828 bits per heavy atom. The summed E-state index contributed by atoms with van der Waals surface area (Å²) in [6.07, 6.45) is 0. The summed E-state index contributed by atoms with van der Waals surface area (Å²) in [5, 5.41) is 0. The molecule has 0 N–H and O–H groups in total. The van der Waals surface area contributed by atoms with E-state index in [-0.39, 0.29) is 9.80 Å². The predicted molar refractivity (Wildman–Crippen MR) is 116 cm³/mol. The summed E-state index contributed by atoms with van der Waals surface area (Å²) in [6, 6.07) is 25.1. The average molecular weight is 471 g/mol. The first-order valence-electron chi connectivity index (χ1n) is 8.86. The molecule has 0 aliphatic heterocycles. The van der Waals surface area contributed by atoms with Gasteiger partial charge in [-0.25, -0.2) is 0 Å². The Morgan fingerprint density at radius 3 is 1.93 bits per heavy atom. The number of carbonyl (C=O) groups is 1. The minimum atomic E-state index is -4.08. The topological polar surface area (TPSA) is 60.4 Å². The first-order chi connectivity index (χ1) is 13.9. The zero-order valence-corrected chi connectivity index (χ0v) is 18.6. The number of esters is 1. The Bertz CT molecular complexity index is 1120. The first-order valence-corrected chi connectivity index (χ1v) is 12.1. The fourth-order valence-corrected chi connectivity index (χ4v) is 7.00. The molecule has 0 aliphatic carbocycles. The van der Waals surface area contributed by atoms with E-state index in [1.807, 2.05) is 67.6 Å². The Labute approximate surface area is 177 Å². The molecule has 0 fully saturated rings. The van der Waals surface area contributed by atoms with Gasteiger partial charge in [-0.3, -0.25) is 0 Å². The van der Waals surface area contributed by atoms with E-state index in [0.29, 0.717) is 10.0 Å². The van der Waals surface area contributed by atoms with Crippen LogP contribution in [0.25, 0.3) is 4.47 Å². The van der Waals surface area contributed by atoms with Crippen molar-refractivity contribution in [1.29, 1.82) is 0 Å². The Morgan fingerprint density at radius 2 is 1.38 bits per heavy atom. The SMILES string of the molecule is COC(=O)/C(=C(\[Se]c1ccccc1)c1ccccc1)S(=O)(=O)c1ccc(C)cc1. The number of rotatable bonds is 6. The van der Waals surface area contributed by atoms with Crippen molar-refractivity contribution in [2.45, 2.75) is 11.8 Å². The molecule has 0 atom stereocenters. The van der Waals surface area contributed by atoms with Crippen LogP contribution in [0.5, 0.6) is 0 Å². The Kier molecular flexibility index (Phi) is 6.70. The maximum atomic E-state index is 13.5. The van der Waals surface area contributed by atoms with E-state index in [1.54, 1.807) is 12.1 Å². The van der Waals surface area contributed by atoms with Gasteiger partial charge < -0.3 is 0 Å². The maximum absolute atomic E-state index is 13.5. The molecule has 3 aromatic rings. The van der Waals surface area contributed by atoms with E-state index >= 15 is 0 Å². The van der Waals surface area contributed by atoms with Gasteiger partial charge in [-0.15, -0.1) is 0 Å². The number of carbonyl (C=O) groups excluding carboxylic acids is 1. The van der Waals surface area contributed by atoms with Crippen LogP contribution in [-0.4, -0.2) is 36.5 Å². The van der Waals surface area contributed by atoms with Crippen LogP contribution in [0.15, 0.2) is 94.7 Å². The van der Waals surface area contributed by atoms with Crippen molar-refractivity contribution in [3.63, 3.8) is 0 Å². The van der Waals surface area contributed by atoms with E-state index in [0.717, 1.165) is 10.0 Å². The second-order valence-corrected chi connectivity index (χ2v) is 10.4. The third-order valence-electron chi connectivity index (χ3n) is 4.18. The van der Waals surface area contributed by atoms with Crippen molar-refractivity contribution in [3.8, 4) is 0 Å². The second-order valence-electron chi connectivity index (χ2n) is 6.25. The van der Waals surface area contributed by atoms with Gasteiger partial charge in [0.2, 0.25) is 0 Å². The minimum absolute atomic E-state index is 0.0702. The van der Waals surface area contributed by atoms with Crippen LogP contribution in [0.1, 0.15) is 11.1 Å². The van der Waals surface area contributed by atoms with Crippen molar-refractivity contribution >= 4 is 39.7 Å². The molecule has 0 saturated heterocycles. The normalized spacial score (nSPS) is 12.2. The quantitative estimate of drug-likeness (QED) is 0.314. The molecular weight excluding hydrogens is 451 g/mol. The summed E-state index contributed by atoms with van der Waals surface area (Å²) >= 11 is -0.427. The third kappa shape index (κ3) is 4.85. The molecule has 0 saturated carbocycles. The number of methoxy groups -OCH3 is 1. The van der Waals surface area contributed by atoms with Gasteiger partial charge in [0.05, 0.1) is 0 Å². The molecule has 0 spiro atoms. The van der Waals surface area contributed by atoms with Gasteiger partial charge in [-0.2, -0.15) is 0 Å². The summed E-state index contributed by atoms with van der Waals surface area (Å²) in [5.74, 6) is -0.859. The van der Waals surface area contributed by atoms with Crippen LogP contribution >= 0.6 is 0 Å². The van der Waals surface area contributed by atoms with E-state index < -0.39 is 30.8 Å². The van der Waals surface area contributed by atoms with Crippen LogP contribution in [0, 0.1) is 6.92 Å². The number of hydrogen-bond donors (Lipinski definition) is 0. The number of aryl methyl sites for hydroxylation is 1. The number of hydrogen-bond acceptors (Lipinski definition) is 4. The third-order valence-corrected chi connectivity index (χ3v) is 8.69. The summed E-state index contributed by atoms with van der Waals surface area (Å²) in [5.41, 5.74) is 1.62. The molecule has 0 heterocycles. The summed E-state index contributed by atoms with van der Waals surface area (Å²) in [6.45, 7) is 1.88. The molecule has 0 bridgehead atoms. The van der Waals surface area contributed by atoms with Gasteiger partial charge in [-0.05, 0) is 0 Å². The van der Waals surface area contributed by atoms with Crippen LogP contribution in [0.3, 0.4) is 0 Å². The van der Waals surface area contributed by atoms with Crippen molar-refractivity contribution in [2.75, 3.05) is 7.11 Å². The standard InChI is InChI=1S/C23H20O4SSe/c1-17-13-15-19(16-14-17)28(25,26)21(23(24)27-2)22(18-9-5-3-6-10-18)29-20-11-7-4-8-12-20/h3-16H,1-2H3/b22-21+. The zero-order chi connectivity index (χ0) is 20.9. The zero-order valence-electron chi connectivity index (χ0n) is 16.0. The molecule has 0 unspecified atom stereocenters. The van der Waals surface area contributed by atoms with Crippen molar-refractivity contribution in [3.05, 3.63) is 101 Å². The molecule has 4 nitrogen and oxygen atoms in total. The molecule has 3 aromatic carbocycles. The molecule has 0 aliphatic rings. The summed E-state index contributed by atoms with van der Waals surface area (Å²) < 4.78 is 33.3. The van der Waals surface area contributed by atoms with Gasteiger partial charge in [-0.1, -0.05) is 0 Å². The number of ether oxygens (including phenoxy) is 1. The van der Waals surface area contributed by atoms with Gasteiger partial charge in [0, 0.05) is 0 Å². The molecule has 0 amide bonds. The molecule has 148 valence electrons. The van der Waals surface area contributed by atoms with Crippen LogP contribution in [0.4, 0.5) is 0 Å². The molecule has 0 aromatic heterocycles. The molecule has 29 heavy (non-hydrogen) atoms. The fourth-order valence-electron chi connectivity index (χ4n) is 2.68. The van der Waals surface area contributed by atoms with Gasteiger partial charge >= 0.3 is 178 Å². The van der Waals surface area contributed by atoms with E-state index in [1.165, 1.54) is 19.2 Å². The van der Waals surface area contributed by atoms with E-state index in [4.69, 9.17) is 4.74 Å². The summed E-state index contributed by atoms with van der Waals surface area (Å²) in [7, 11) is -2.88. The van der Waals surface area contributed by atoms with Crippen molar-refractivity contribution < 1.29 is 17.9 Å². The monoisotopic (exact) mass is 472 g/mol. The molecule has 3 rings (SSSR count). The first kappa shape index (κ1) is 21.1. The molecule has 0 radical (unpaired) electrons. The number of benzene rings is 3. The van der Waals surface area contributed by atoms with Crippen molar-refractivity contribution in [1.82, 2.24) is 0 Å².